The van der Waals surface area contributed by atoms with Crippen molar-refractivity contribution in [2.24, 2.45) is 13.0 Å². The van der Waals surface area contributed by atoms with E-state index in [1.54, 1.807) is 0 Å². The smallest absolute Gasteiger partial charge is 0.237 e. The molecule has 1 amide bonds. The Morgan fingerprint density at radius 2 is 2.16 bits per heavy atom. The molecule has 1 aliphatic heterocycles. The zero-order chi connectivity index (χ0) is 21.5. The normalized spacial score (nSPS) is 21.3. The number of hydrogen-bond acceptors (Lipinski definition) is 3. The van der Waals surface area contributed by atoms with E-state index in [0.29, 0.717) is 18.4 Å². The number of carbonyl (C=O) groups excluding carboxylic acids is 1. The van der Waals surface area contributed by atoms with Crippen molar-refractivity contribution in [1.82, 2.24) is 24.8 Å². The van der Waals surface area contributed by atoms with E-state index in [1.165, 1.54) is 28.5 Å². The molecular weight excluding hydrogens is 386 g/mol. The van der Waals surface area contributed by atoms with E-state index in [4.69, 9.17) is 0 Å². The van der Waals surface area contributed by atoms with Gasteiger partial charge in [-0.2, -0.15) is 0 Å². The third-order valence-electron chi connectivity index (χ3n) is 6.93. The number of carbonyl (C=O) groups is 1. The van der Waals surface area contributed by atoms with Gasteiger partial charge < -0.3 is 14.5 Å². The van der Waals surface area contributed by atoms with Crippen LogP contribution in [0.3, 0.4) is 0 Å². The first kappa shape index (κ1) is 20.3. The Morgan fingerprint density at radius 3 is 2.84 bits per heavy atom. The number of hydrogen-bond donors (Lipinski definition) is 2. The average molecular weight is 420 g/mol. The molecule has 2 atom stereocenters. The maximum Gasteiger partial charge on any atom is 0.237 e. The van der Waals surface area contributed by atoms with Gasteiger partial charge in [-0.05, 0) is 55.2 Å². The lowest BCUT2D eigenvalue weighted by molar-refractivity contribution is -0.124. The second-order valence-electron chi connectivity index (χ2n) is 9.72. The highest BCUT2D eigenvalue weighted by Crippen LogP contribution is 2.36. The number of amides is 1. The minimum Gasteiger partial charge on any atom is -0.352 e. The molecule has 2 aromatic heterocycles. The van der Waals surface area contributed by atoms with Crippen LogP contribution < -0.4 is 10.6 Å². The molecular formula is C25H33N5O. The maximum atomic E-state index is 13.2. The molecule has 0 radical (unpaired) electrons. The first-order chi connectivity index (χ1) is 15.0. The predicted octanol–water partition coefficient (Wildman–Crippen LogP) is 3.69. The fourth-order valence-electron chi connectivity index (χ4n) is 5.05. The van der Waals surface area contributed by atoms with Gasteiger partial charge in [-0.3, -0.25) is 10.1 Å². The van der Waals surface area contributed by atoms with Crippen LogP contribution in [0.5, 0.6) is 0 Å². The van der Waals surface area contributed by atoms with Gasteiger partial charge >= 0.3 is 0 Å². The molecule has 1 saturated carbocycles. The molecule has 0 spiro atoms. The molecule has 3 aromatic rings. The Bertz CT molecular complexity index is 1090. The molecule has 2 unspecified atom stereocenters. The van der Waals surface area contributed by atoms with E-state index in [1.807, 2.05) is 19.4 Å². The van der Waals surface area contributed by atoms with Gasteiger partial charge in [0.15, 0.2) is 0 Å². The summed E-state index contributed by atoms with van der Waals surface area (Å²) in [6, 6.07) is 6.92. The third kappa shape index (κ3) is 3.89. The van der Waals surface area contributed by atoms with Crippen molar-refractivity contribution in [3.63, 3.8) is 0 Å². The van der Waals surface area contributed by atoms with Crippen LogP contribution in [0.1, 0.15) is 62.5 Å². The minimum absolute atomic E-state index is 0.149. The Balaban J connectivity index is 1.54. The molecule has 2 aliphatic rings. The summed E-state index contributed by atoms with van der Waals surface area (Å²) in [7, 11) is 2.03. The quantitative estimate of drug-likeness (QED) is 0.640. The predicted molar refractivity (Wildman–Crippen MR) is 123 cm³/mol. The van der Waals surface area contributed by atoms with Crippen molar-refractivity contribution in [1.29, 1.82) is 0 Å². The van der Waals surface area contributed by atoms with Crippen molar-refractivity contribution >= 4 is 16.8 Å². The molecule has 6 nitrogen and oxygen atoms in total. The Labute approximate surface area is 184 Å². The molecule has 1 aliphatic carbocycles. The van der Waals surface area contributed by atoms with Crippen molar-refractivity contribution < 1.29 is 4.79 Å². The number of aryl methyl sites for hydroxylation is 1. The Hall–Kier alpha value is -2.60. The zero-order valence-electron chi connectivity index (χ0n) is 18.8. The van der Waals surface area contributed by atoms with Crippen LogP contribution in [0.4, 0.5) is 0 Å². The minimum atomic E-state index is -0.205. The summed E-state index contributed by atoms with van der Waals surface area (Å²) in [6.07, 6.45) is 11.2. The molecule has 1 aromatic carbocycles. The van der Waals surface area contributed by atoms with Crippen LogP contribution in [-0.4, -0.2) is 32.1 Å². The Kier molecular flexibility index (Phi) is 5.34. The van der Waals surface area contributed by atoms with Crippen LogP contribution in [0.25, 0.3) is 10.9 Å². The summed E-state index contributed by atoms with van der Waals surface area (Å²) in [6.45, 7) is 5.23. The largest absolute Gasteiger partial charge is 0.352 e. The summed E-state index contributed by atoms with van der Waals surface area (Å²) < 4.78 is 4.37. The van der Waals surface area contributed by atoms with Crippen LogP contribution in [0.2, 0.25) is 0 Å². The molecule has 3 heterocycles. The number of aromatic nitrogens is 3. The lowest BCUT2D eigenvalue weighted by atomic mass is 9.92. The van der Waals surface area contributed by atoms with Crippen LogP contribution in [0, 0.1) is 5.92 Å². The lowest BCUT2D eigenvalue weighted by Crippen LogP contribution is -2.51. The summed E-state index contributed by atoms with van der Waals surface area (Å²) in [5, 5.41) is 8.32. The number of benzene rings is 1. The molecule has 0 bridgehead atoms. The first-order valence-electron chi connectivity index (χ1n) is 11.6. The number of imidazole rings is 1. The second kappa shape index (κ2) is 8.15. The topological polar surface area (TPSA) is 63.9 Å². The summed E-state index contributed by atoms with van der Waals surface area (Å²) in [5.41, 5.74) is 3.80. The summed E-state index contributed by atoms with van der Waals surface area (Å²) >= 11 is 0. The molecule has 6 heteroatoms. The number of nitrogens with one attached hydrogen (secondary N) is 2. The van der Waals surface area contributed by atoms with E-state index in [2.05, 4.69) is 63.0 Å². The van der Waals surface area contributed by atoms with Gasteiger partial charge in [0.25, 0.3) is 0 Å². The van der Waals surface area contributed by atoms with Crippen LogP contribution >= 0.6 is 0 Å². The van der Waals surface area contributed by atoms with Gasteiger partial charge in [0.2, 0.25) is 5.91 Å². The standard InChI is InChI=1S/C25H33N5O/c1-16(2)12-20-19-8-5-9-22-24(19)17(14-30(22)15-23-26-10-11-29(23)3)13-21(28-20)25(31)27-18-6-4-7-18/h5,8-11,14,16,18,20-21,28H,4,6-7,12-13,15H2,1-3H3,(H,27,31). The van der Waals surface area contributed by atoms with Crippen molar-refractivity contribution in [2.75, 3.05) is 0 Å². The van der Waals surface area contributed by atoms with E-state index in [0.717, 1.165) is 31.6 Å². The summed E-state index contributed by atoms with van der Waals surface area (Å²) in [5.74, 6) is 1.72. The molecule has 0 saturated heterocycles. The molecule has 2 N–H and O–H groups in total. The highest BCUT2D eigenvalue weighted by atomic mass is 16.2. The SMILES string of the molecule is CC(C)CC1NC(C(=O)NC2CCC2)Cc2cn(Cc3nccn3C)c3cccc1c23. The lowest BCUT2D eigenvalue weighted by Gasteiger charge is -2.30. The van der Waals surface area contributed by atoms with Crippen LogP contribution in [-0.2, 0) is 24.8 Å². The third-order valence-corrected chi connectivity index (χ3v) is 6.93. The van der Waals surface area contributed by atoms with Gasteiger partial charge in [-0.1, -0.05) is 26.0 Å². The maximum absolute atomic E-state index is 13.2. The van der Waals surface area contributed by atoms with Gasteiger partial charge in [0, 0.05) is 48.6 Å². The highest BCUT2D eigenvalue weighted by Gasteiger charge is 2.32. The van der Waals surface area contributed by atoms with Gasteiger partial charge in [-0.15, -0.1) is 0 Å². The molecule has 164 valence electrons. The number of nitrogens with zero attached hydrogens (tertiary/aromatic N) is 3. The first-order valence-corrected chi connectivity index (χ1v) is 11.6. The van der Waals surface area contributed by atoms with Crippen LogP contribution in [0.15, 0.2) is 36.8 Å². The molecule has 5 rings (SSSR count). The van der Waals surface area contributed by atoms with E-state index in [-0.39, 0.29) is 18.0 Å². The van der Waals surface area contributed by atoms with E-state index >= 15 is 0 Å². The van der Waals surface area contributed by atoms with Crippen molar-refractivity contribution in [3.8, 4) is 0 Å². The monoisotopic (exact) mass is 419 g/mol. The average Bonchev–Trinajstić information content (AvgIpc) is 3.22. The molecule has 31 heavy (non-hydrogen) atoms. The Morgan fingerprint density at radius 1 is 1.32 bits per heavy atom. The summed E-state index contributed by atoms with van der Waals surface area (Å²) in [4.78, 5) is 17.7. The van der Waals surface area contributed by atoms with Crippen molar-refractivity contribution in [3.05, 3.63) is 53.7 Å². The molecule has 1 fully saturated rings. The van der Waals surface area contributed by atoms with E-state index in [9.17, 15) is 4.79 Å². The highest BCUT2D eigenvalue weighted by molar-refractivity contribution is 5.90. The number of rotatable bonds is 6. The second-order valence-corrected chi connectivity index (χ2v) is 9.72. The fraction of sp³-hybridized carbons (Fsp3) is 0.520. The van der Waals surface area contributed by atoms with Gasteiger partial charge in [0.1, 0.15) is 5.82 Å². The van der Waals surface area contributed by atoms with Gasteiger partial charge in [-0.25, -0.2) is 4.98 Å². The fourth-order valence-corrected chi connectivity index (χ4v) is 5.05. The van der Waals surface area contributed by atoms with E-state index < -0.39 is 0 Å². The zero-order valence-corrected chi connectivity index (χ0v) is 18.8. The van der Waals surface area contributed by atoms with Crippen molar-refractivity contribution in [2.45, 2.75) is 70.6 Å². The van der Waals surface area contributed by atoms with Gasteiger partial charge in [0.05, 0.1) is 12.6 Å².